The molecule has 0 bridgehead atoms. The number of ether oxygens (including phenoxy) is 1. The van der Waals surface area contributed by atoms with Crippen LogP contribution >= 0.6 is 11.8 Å². The van der Waals surface area contributed by atoms with Gasteiger partial charge in [-0.1, -0.05) is 18.3 Å². The van der Waals surface area contributed by atoms with E-state index in [2.05, 4.69) is 12.7 Å². The molecule has 0 spiro atoms. The molecule has 103 valence electrons. The second-order valence-corrected chi connectivity index (χ2v) is 4.85. The first kappa shape index (κ1) is 17.5. The Morgan fingerprint density at radius 3 is 2.90 bits per heavy atom. The molecule has 20 heavy (non-hydrogen) atoms. The van der Waals surface area contributed by atoms with Gasteiger partial charge in [0, 0.05) is 39.8 Å². The minimum Gasteiger partial charge on any atom is -0.495 e. The molecule has 0 unspecified atom stereocenters. The van der Waals surface area contributed by atoms with E-state index in [1.54, 1.807) is 23.1 Å². The molecule has 0 aliphatic carbocycles. The topological polar surface area (TPSA) is 12.5 Å². The van der Waals surface area contributed by atoms with E-state index in [4.69, 9.17) is 4.74 Å². The fourth-order valence-corrected chi connectivity index (χ4v) is 2.03. The molecule has 0 aromatic heterocycles. The Morgan fingerprint density at radius 2 is 2.20 bits per heavy atom. The van der Waals surface area contributed by atoms with Crippen molar-refractivity contribution < 1.29 is 41.8 Å². The van der Waals surface area contributed by atoms with Gasteiger partial charge in [0.1, 0.15) is 5.94 Å². The third-order valence-electron chi connectivity index (χ3n) is 2.81. The molecule has 0 atom stereocenters. The molecule has 0 saturated carbocycles. The van der Waals surface area contributed by atoms with Crippen LogP contribution in [0, 0.1) is 11.9 Å². The summed E-state index contributed by atoms with van der Waals surface area (Å²) in [5.74, 6) is 0.674. The van der Waals surface area contributed by atoms with Crippen LogP contribution in [0.15, 0.2) is 42.6 Å². The molecule has 5 heteroatoms. The molecular formula is C15H15FNOSY-. The zero-order valence-corrected chi connectivity index (χ0v) is 15.2. The largest absolute Gasteiger partial charge is 0.495 e. The fourth-order valence-electron chi connectivity index (χ4n) is 1.79. The SMILES string of the molecule is C=C1C=C[C-]=C(c2c(F)cccc2OCSC)N1C.[Y]. The number of benzene rings is 1. The normalized spacial score (nSPS) is 13.8. The van der Waals surface area contributed by atoms with Crippen molar-refractivity contribution in [2.24, 2.45) is 0 Å². The van der Waals surface area contributed by atoms with Crippen molar-refractivity contribution in [1.82, 2.24) is 4.90 Å². The molecule has 0 amide bonds. The van der Waals surface area contributed by atoms with E-state index in [9.17, 15) is 4.39 Å². The van der Waals surface area contributed by atoms with Crippen molar-refractivity contribution in [3.63, 3.8) is 0 Å². The maximum atomic E-state index is 14.1. The molecule has 1 aliphatic rings. The summed E-state index contributed by atoms with van der Waals surface area (Å²) < 4.78 is 19.7. The number of rotatable bonds is 4. The third kappa shape index (κ3) is 3.75. The van der Waals surface area contributed by atoms with E-state index >= 15 is 0 Å². The van der Waals surface area contributed by atoms with Gasteiger partial charge in [0.15, 0.2) is 0 Å². The van der Waals surface area contributed by atoms with Crippen LogP contribution in [0.2, 0.25) is 0 Å². The van der Waals surface area contributed by atoms with Gasteiger partial charge >= 0.3 is 0 Å². The summed E-state index contributed by atoms with van der Waals surface area (Å²) in [5.41, 5.74) is 1.83. The number of allylic oxidation sites excluding steroid dienone is 3. The predicted octanol–water partition coefficient (Wildman–Crippen LogP) is 3.68. The van der Waals surface area contributed by atoms with Crippen molar-refractivity contribution in [2.45, 2.75) is 0 Å². The van der Waals surface area contributed by atoms with Crippen LogP contribution in [-0.4, -0.2) is 24.1 Å². The molecule has 1 aromatic carbocycles. The minimum absolute atomic E-state index is 0. The van der Waals surface area contributed by atoms with Crippen molar-refractivity contribution in [1.29, 1.82) is 0 Å². The van der Waals surface area contributed by atoms with Gasteiger partial charge in [0.05, 0.1) is 11.6 Å². The first-order valence-corrected chi connectivity index (χ1v) is 7.18. The number of hydrogen-bond donors (Lipinski definition) is 0. The predicted molar refractivity (Wildman–Crippen MR) is 78.1 cm³/mol. The molecule has 1 aliphatic heterocycles. The maximum Gasteiger partial charge on any atom is 0.132 e. The first-order valence-electron chi connectivity index (χ1n) is 5.78. The molecule has 2 rings (SSSR count). The number of likely N-dealkylation sites (N-methyl/N-ethyl adjacent to an activating group) is 1. The van der Waals surface area contributed by atoms with Gasteiger partial charge in [-0.15, -0.1) is 17.8 Å². The summed E-state index contributed by atoms with van der Waals surface area (Å²) in [4.78, 5) is 1.80. The third-order valence-corrected chi connectivity index (χ3v) is 3.16. The molecular weight excluding hydrogens is 350 g/mol. The van der Waals surface area contributed by atoms with Crippen LogP contribution in [0.25, 0.3) is 5.70 Å². The first-order chi connectivity index (χ1) is 9.15. The van der Waals surface area contributed by atoms with E-state index in [1.807, 2.05) is 19.4 Å². The molecule has 1 aromatic rings. The Labute approximate surface area is 148 Å². The molecule has 0 N–H and O–H groups in total. The van der Waals surface area contributed by atoms with E-state index in [1.165, 1.54) is 17.8 Å². The maximum absolute atomic E-state index is 14.1. The fraction of sp³-hybridized carbons (Fsp3) is 0.200. The molecule has 1 heterocycles. The van der Waals surface area contributed by atoms with Crippen LogP contribution in [0.4, 0.5) is 4.39 Å². The Kier molecular flexibility index (Phi) is 7.00. The summed E-state index contributed by atoms with van der Waals surface area (Å²) in [5, 5.41) is 0. The number of halogens is 1. The van der Waals surface area contributed by atoms with Gasteiger partial charge < -0.3 is 9.64 Å². The van der Waals surface area contributed by atoms with Crippen LogP contribution in [-0.2, 0) is 32.7 Å². The van der Waals surface area contributed by atoms with Gasteiger partial charge in [0.2, 0.25) is 0 Å². The monoisotopic (exact) mass is 365 g/mol. The molecule has 2 nitrogen and oxygen atoms in total. The quantitative estimate of drug-likeness (QED) is 0.597. The van der Waals surface area contributed by atoms with Crippen LogP contribution in [0.3, 0.4) is 0 Å². The van der Waals surface area contributed by atoms with Crippen molar-refractivity contribution in [3.05, 3.63) is 60.1 Å². The van der Waals surface area contributed by atoms with E-state index in [-0.39, 0.29) is 38.5 Å². The zero-order valence-electron chi connectivity index (χ0n) is 11.5. The van der Waals surface area contributed by atoms with Gasteiger partial charge in [-0.3, -0.25) is 0 Å². The average Bonchev–Trinajstić information content (AvgIpc) is 2.40. The van der Waals surface area contributed by atoms with E-state index in [0.29, 0.717) is 22.9 Å². The number of thioether (sulfide) groups is 1. The van der Waals surface area contributed by atoms with Gasteiger partial charge in [0.25, 0.3) is 0 Å². The summed E-state index contributed by atoms with van der Waals surface area (Å²) >= 11 is 1.54. The summed E-state index contributed by atoms with van der Waals surface area (Å²) in [6, 6.07) is 4.83. The second kappa shape index (κ2) is 8.01. The van der Waals surface area contributed by atoms with Crippen molar-refractivity contribution in [3.8, 4) is 5.75 Å². The smallest absolute Gasteiger partial charge is 0.132 e. The molecule has 1 radical (unpaired) electrons. The zero-order chi connectivity index (χ0) is 13.8. The van der Waals surface area contributed by atoms with Gasteiger partial charge in [-0.2, -0.15) is 12.2 Å². The summed E-state index contributed by atoms with van der Waals surface area (Å²) in [6.45, 7) is 3.90. The van der Waals surface area contributed by atoms with Crippen LogP contribution in [0.1, 0.15) is 5.56 Å². The Morgan fingerprint density at radius 1 is 1.45 bits per heavy atom. The molecule has 0 fully saturated rings. The van der Waals surface area contributed by atoms with Gasteiger partial charge in [-0.05, 0) is 29.6 Å². The van der Waals surface area contributed by atoms with Crippen LogP contribution in [0.5, 0.6) is 5.75 Å². The average molecular weight is 365 g/mol. The Bertz CT molecular complexity index is 557. The van der Waals surface area contributed by atoms with E-state index in [0.717, 1.165) is 5.70 Å². The van der Waals surface area contributed by atoms with Gasteiger partial charge in [-0.25, -0.2) is 4.39 Å². The van der Waals surface area contributed by atoms with Crippen molar-refractivity contribution >= 4 is 17.5 Å². The van der Waals surface area contributed by atoms with Crippen molar-refractivity contribution in [2.75, 3.05) is 19.2 Å². The van der Waals surface area contributed by atoms with Crippen LogP contribution < -0.4 is 4.74 Å². The second-order valence-electron chi connectivity index (χ2n) is 4.04. The standard InChI is InChI=1S/C15H15FNOS.Y/c1-11-6-4-8-13(17(11)2)15-12(16)7-5-9-14(15)18-10-19-3;/h4-7,9H,1,10H2,2-3H3;/q-1;. The Hall–Kier alpha value is -0.576. The number of nitrogens with zero attached hydrogens (tertiary/aromatic N) is 1. The number of hydrogen-bond acceptors (Lipinski definition) is 3. The van der Waals surface area contributed by atoms with E-state index < -0.39 is 0 Å². The Balaban J connectivity index is 0.00000200. The summed E-state index contributed by atoms with van der Waals surface area (Å²) in [7, 11) is 1.83. The minimum atomic E-state index is -0.323. The molecule has 0 saturated heterocycles. The summed E-state index contributed by atoms with van der Waals surface area (Å²) in [6.07, 6.45) is 8.54.